The van der Waals surface area contributed by atoms with Crippen LogP contribution in [0.3, 0.4) is 0 Å². The maximum absolute atomic E-state index is 12.7. The van der Waals surface area contributed by atoms with Gasteiger partial charge in [-0.25, -0.2) is 9.50 Å². The Balaban J connectivity index is 1.42. The average molecular weight is 368 g/mol. The van der Waals surface area contributed by atoms with E-state index in [4.69, 9.17) is 5.73 Å². The van der Waals surface area contributed by atoms with Gasteiger partial charge in [0.25, 0.3) is 11.5 Å². The van der Waals surface area contributed by atoms with E-state index in [-0.39, 0.29) is 23.5 Å². The van der Waals surface area contributed by atoms with Crippen LogP contribution < -0.4 is 21.5 Å². The second kappa shape index (κ2) is 6.71. The number of carbonyl (C=O) groups excluding carboxylic acids is 1. The summed E-state index contributed by atoms with van der Waals surface area (Å²) in [4.78, 5) is 37.1. The molecule has 4 N–H and O–H groups in total. The van der Waals surface area contributed by atoms with Crippen molar-refractivity contribution in [2.45, 2.75) is 25.8 Å². The number of aromatic nitrogens is 5. The molecule has 1 saturated heterocycles. The molecule has 10 heteroatoms. The van der Waals surface area contributed by atoms with Crippen molar-refractivity contribution in [2.24, 2.45) is 0 Å². The predicted molar refractivity (Wildman–Crippen MR) is 99.7 cm³/mol. The topological polar surface area (TPSA) is 134 Å². The van der Waals surface area contributed by atoms with Gasteiger partial charge in [0.05, 0.1) is 17.5 Å². The Morgan fingerprint density at radius 1 is 1.37 bits per heavy atom. The van der Waals surface area contributed by atoms with Gasteiger partial charge in [0.2, 0.25) is 5.95 Å². The minimum absolute atomic E-state index is 0.0424. The number of nitrogen functional groups attached to an aromatic ring is 1. The zero-order chi connectivity index (χ0) is 19.0. The standard InChI is InChI=1S/C17H20N8O2/c1-10-12(9-19-13-2-5-20-25(10)13)16(27)21-11-3-6-24(7-4-11)14-8-15(26)23-17(18)22-14/h2,5,8-9,11H,3-4,6-7H2,1H3,(H,21,27)(H3,18,22,23,26). The van der Waals surface area contributed by atoms with E-state index in [9.17, 15) is 9.59 Å². The number of aryl methyl sites for hydroxylation is 1. The molecule has 4 heterocycles. The van der Waals surface area contributed by atoms with Crippen LogP contribution in [0.2, 0.25) is 0 Å². The Hall–Kier alpha value is -3.43. The van der Waals surface area contributed by atoms with E-state index in [1.54, 1.807) is 23.0 Å². The zero-order valence-corrected chi connectivity index (χ0v) is 14.8. The van der Waals surface area contributed by atoms with Gasteiger partial charge in [-0.1, -0.05) is 0 Å². The third kappa shape index (κ3) is 3.33. The number of carbonyl (C=O) groups is 1. The largest absolute Gasteiger partial charge is 0.369 e. The summed E-state index contributed by atoms with van der Waals surface area (Å²) < 4.78 is 1.65. The van der Waals surface area contributed by atoms with Crippen LogP contribution in [-0.4, -0.2) is 49.6 Å². The molecule has 1 aliphatic heterocycles. The summed E-state index contributed by atoms with van der Waals surface area (Å²) >= 11 is 0. The van der Waals surface area contributed by atoms with Gasteiger partial charge in [0, 0.05) is 37.5 Å². The molecule has 0 radical (unpaired) electrons. The molecule has 140 valence electrons. The molecule has 0 saturated carbocycles. The highest BCUT2D eigenvalue weighted by molar-refractivity contribution is 5.95. The van der Waals surface area contributed by atoms with Crippen LogP contribution in [0.5, 0.6) is 0 Å². The van der Waals surface area contributed by atoms with Gasteiger partial charge in [0.1, 0.15) is 5.82 Å². The first-order valence-corrected chi connectivity index (χ1v) is 8.73. The number of hydrogen-bond donors (Lipinski definition) is 3. The lowest BCUT2D eigenvalue weighted by molar-refractivity contribution is 0.0929. The lowest BCUT2D eigenvalue weighted by Crippen LogP contribution is -2.45. The zero-order valence-electron chi connectivity index (χ0n) is 14.8. The molecule has 1 aliphatic rings. The second-order valence-corrected chi connectivity index (χ2v) is 6.58. The molecule has 0 spiro atoms. The Kier molecular flexibility index (Phi) is 4.22. The molecule has 3 aromatic rings. The van der Waals surface area contributed by atoms with Crippen LogP contribution >= 0.6 is 0 Å². The molecule has 1 amide bonds. The van der Waals surface area contributed by atoms with E-state index in [1.165, 1.54) is 6.07 Å². The van der Waals surface area contributed by atoms with Gasteiger partial charge in [-0.05, 0) is 19.8 Å². The fourth-order valence-electron chi connectivity index (χ4n) is 3.35. The first kappa shape index (κ1) is 17.0. The summed E-state index contributed by atoms with van der Waals surface area (Å²) in [7, 11) is 0. The van der Waals surface area contributed by atoms with Gasteiger partial charge in [0.15, 0.2) is 5.65 Å². The van der Waals surface area contributed by atoms with Crippen LogP contribution in [0, 0.1) is 6.92 Å². The van der Waals surface area contributed by atoms with Crippen molar-refractivity contribution in [2.75, 3.05) is 23.7 Å². The van der Waals surface area contributed by atoms with Gasteiger partial charge < -0.3 is 16.0 Å². The van der Waals surface area contributed by atoms with Crippen molar-refractivity contribution < 1.29 is 4.79 Å². The first-order chi connectivity index (χ1) is 13.0. The normalized spacial score (nSPS) is 15.2. The first-order valence-electron chi connectivity index (χ1n) is 8.73. The van der Waals surface area contributed by atoms with Crippen LogP contribution in [0.25, 0.3) is 5.65 Å². The van der Waals surface area contributed by atoms with Crippen molar-refractivity contribution in [1.29, 1.82) is 0 Å². The van der Waals surface area contributed by atoms with E-state index >= 15 is 0 Å². The Morgan fingerprint density at radius 2 is 2.15 bits per heavy atom. The minimum Gasteiger partial charge on any atom is -0.369 e. The van der Waals surface area contributed by atoms with Gasteiger partial charge in [-0.15, -0.1) is 0 Å². The summed E-state index contributed by atoms with van der Waals surface area (Å²) in [5.41, 5.74) is 7.31. The molecule has 0 atom stereocenters. The molecular weight excluding hydrogens is 348 g/mol. The molecule has 1 fully saturated rings. The van der Waals surface area contributed by atoms with Crippen molar-refractivity contribution in [3.8, 4) is 0 Å². The Morgan fingerprint density at radius 3 is 2.89 bits per heavy atom. The molecule has 3 aromatic heterocycles. The van der Waals surface area contributed by atoms with Crippen molar-refractivity contribution in [3.05, 3.63) is 46.1 Å². The minimum atomic E-state index is -0.273. The van der Waals surface area contributed by atoms with Crippen molar-refractivity contribution in [1.82, 2.24) is 29.9 Å². The maximum Gasteiger partial charge on any atom is 0.254 e. The lowest BCUT2D eigenvalue weighted by Gasteiger charge is -2.33. The quantitative estimate of drug-likeness (QED) is 0.597. The molecule has 27 heavy (non-hydrogen) atoms. The van der Waals surface area contributed by atoms with E-state index in [1.807, 2.05) is 11.8 Å². The molecule has 10 nitrogen and oxygen atoms in total. The van der Waals surface area contributed by atoms with Crippen LogP contribution in [0.1, 0.15) is 28.9 Å². The fourth-order valence-corrected chi connectivity index (χ4v) is 3.35. The third-order valence-corrected chi connectivity index (χ3v) is 4.80. The average Bonchev–Trinajstić information content (AvgIpc) is 3.11. The molecule has 4 rings (SSSR count). The molecule has 0 aliphatic carbocycles. The predicted octanol–water partition coefficient (Wildman–Crippen LogP) is 0.102. The number of nitrogens with one attached hydrogen (secondary N) is 2. The summed E-state index contributed by atoms with van der Waals surface area (Å²) in [6.45, 7) is 3.20. The highest BCUT2D eigenvalue weighted by Gasteiger charge is 2.23. The molecular formula is C17H20N8O2. The molecule has 0 aromatic carbocycles. The number of amides is 1. The Bertz CT molecular complexity index is 1050. The highest BCUT2D eigenvalue weighted by atomic mass is 16.1. The summed E-state index contributed by atoms with van der Waals surface area (Å²) in [5, 5.41) is 7.26. The van der Waals surface area contributed by atoms with Crippen molar-refractivity contribution in [3.63, 3.8) is 0 Å². The van der Waals surface area contributed by atoms with Crippen molar-refractivity contribution >= 4 is 23.3 Å². The van der Waals surface area contributed by atoms with E-state index in [0.29, 0.717) is 30.1 Å². The molecule has 0 unspecified atom stereocenters. The van der Waals surface area contributed by atoms with E-state index in [0.717, 1.165) is 18.5 Å². The number of rotatable bonds is 3. The number of nitrogens with zero attached hydrogens (tertiary/aromatic N) is 5. The van der Waals surface area contributed by atoms with Gasteiger partial charge in [-0.2, -0.15) is 10.1 Å². The number of nitrogens with two attached hydrogens (primary N) is 1. The number of aromatic amines is 1. The number of hydrogen-bond acceptors (Lipinski definition) is 7. The van der Waals surface area contributed by atoms with E-state index < -0.39 is 0 Å². The number of piperidine rings is 1. The van der Waals surface area contributed by atoms with Gasteiger partial charge in [-0.3, -0.25) is 14.6 Å². The van der Waals surface area contributed by atoms with Crippen LogP contribution in [0.15, 0.2) is 29.3 Å². The van der Waals surface area contributed by atoms with E-state index in [2.05, 4.69) is 25.4 Å². The molecule has 0 bridgehead atoms. The lowest BCUT2D eigenvalue weighted by atomic mass is 10.0. The SMILES string of the molecule is Cc1c(C(=O)NC2CCN(c3cc(=O)[nH]c(N)n3)CC2)cnc2ccnn12. The summed E-state index contributed by atoms with van der Waals surface area (Å²) in [6, 6.07) is 3.27. The highest BCUT2D eigenvalue weighted by Crippen LogP contribution is 2.18. The number of H-pyrrole nitrogens is 1. The number of anilines is 2. The monoisotopic (exact) mass is 368 g/mol. The van der Waals surface area contributed by atoms with Crippen LogP contribution in [0.4, 0.5) is 11.8 Å². The Labute approximate surface area is 154 Å². The summed E-state index contributed by atoms with van der Waals surface area (Å²) in [5.74, 6) is 0.504. The maximum atomic E-state index is 12.7. The fraction of sp³-hybridized carbons (Fsp3) is 0.353. The second-order valence-electron chi connectivity index (χ2n) is 6.58. The van der Waals surface area contributed by atoms with Crippen LogP contribution in [-0.2, 0) is 0 Å². The van der Waals surface area contributed by atoms with Gasteiger partial charge >= 0.3 is 0 Å². The summed E-state index contributed by atoms with van der Waals surface area (Å²) in [6.07, 6.45) is 4.73. The number of fused-ring (bicyclic) bond motifs is 1. The smallest absolute Gasteiger partial charge is 0.254 e. The third-order valence-electron chi connectivity index (χ3n) is 4.80.